The van der Waals surface area contributed by atoms with Crippen LogP contribution in [0.5, 0.6) is 0 Å². The maximum Gasteiger partial charge on any atom is 0.141 e. The van der Waals surface area contributed by atoms with Crippen molar-refractivity contribution in [1.82, 2.24) is 4.98 Å². The van der Waals surface area contributed by atoms with Crippen molar-refractivity contribution in [1.29, 1.82) is 0 Å². The monoisotopic (exact) mass is 236 g/mol. The van der Waals surface area contributed by atoms with E-state index in [0.717, 1.165) is 11.3 Å². The lowest BCUT2D eigenvalue weighted by Crippen LogP contribution is -2.00. The van der Waals surface area contributed by atoms with Crippen LogP contribution in [0.1, 0.15) is 5.56 Å². The second kappa shape index (κ2) is 4.94. The number of nitrogens with zero attached hydrogens (tertiary/aromatic N) is 1. The average molecular weight is 237 g/mol. The topological polar surface area (TPSA) is 24.9 Å². The van der Waals surface area contributed by atoms with Crippen molar-refractivity contribution in [2.45, 2.75) is 6.54 Å². The van der Waals surface area contributed by atoms with Crippen molar-refractivity contribution >= 4 is 17.3 Å². The Morgan fingerprint density at radius 3 is 2.62 bits per heavy atom. The number of halogens is 2. The molecule has 0 atom stereocenters. The molecule has 0 bridgehead atoms. The molecular weight excluding hydrogens is 227 g/mol. The zero-order valence-electron chi connectivity index (χ0n) is 8.45. The van der Waals surface area contributed by atoms with Gasteiger partial charge in [-0.05, 0) is 35.9 Å². The Morgan fingerprint density at radius 1 is 1.19 bits per heavy atom. The molecular formula is C12H10ClFN2. The largest absolute Gasteiger partial charge is 0.381 e. The Balaban J connectivity index is 1.99. The van der Waals surface area contributed by atoms with Crippen LogP contribution in [0, 0.1) is 5.82 Å². The number of hydrogen-bond donors (Lipinski definition) is 1. The maximum absolute atomic E-state index is 12.8. The van der Waals surface area contributed by atoms with Gasteiger partial charge in [-0.2, -0.15) is 0 Å². The summed E-state index contributed by atoms with van der Waals surface area (Å²) < 4.78 is 12.8. The van der Waals surface area contributed by atoms with E-state index in [1.54, 1.807) is 18.3 Å². The SMILES string of the molecule is Fc1cncc(CNc2ccc(Cl)cc2)c1. The summed E-state index contributed by atoms with van der Waals surface area (Å²) in [5.74, 6) is -0.324. The zero-order valence-corrected chi connectivity index (χ0v) is 9.21. The first kappa shape index (κ1) is 10.9. The van der Waals surface area contributed by atoms with Crippen molar-refractivity contribution in [3.05, 3.63) is 59.1 Å². The summed E-state index contributed by atoms with van der Waals surface area (Å²) in [5, 5.41) is 3.84. The molecule has 0 aliphatic rings. The van der Waals surface area contributed by atoms with Gasteiger partial charge in [-0.15, -0.1) is 0 Å². The molecule has 2 rings (SSSR count). The van der Waals surface area contributed by atoms with Gasteiger partial charge in [0.15, 0.2) is 0 Å². The highest BCUT2D eigenvalue weighted by Gasteiger charge is 1.96. The number of rotatable bonds is 3. The second-order valence-electron chi connectivity index (χ2n) is 3.37. The molecule has 0 unspecified atom stereocenters. The predicted octanol–water partition coefficient (Wildman–Crippen LogP) is 3.49. The molecule has 0 aliphatic carbocycles. The molecule has 4 heteroatoms. The van der Waals surface area contributed by atoms with E-state index in [4.69, 9.17) is 11.6 Å². The van der Waals surface area contributed by atoms with Crippen LogP contribution in [0.25, 0.3) is 0 Å². The van der Waals surface area contributed by atoms with Gasteiger partial charge in [-0.1, -0.05) is 11.6 Å². The molecule has 2 nitrogen and oxygen atoms in total. The molecule has 1 aromatic heterocycles. The van der Waals surface area contributed by atoms with E-state index < -0.39 is 0 Å². The zero-order chi connectivity index (χ0) is 11.4. The predicted molar refractivity (Wildman–Crippen MR) is 63.0 cm³/mol. The fraction of sp³-hybridized carbons (Fsp3) is 0.0833. The van der Waals surface area contributed by atoms with E-state index in [-0.39, 0.29) is 5.82 Å². The quantitative estimate of drug-likeness (QED) is 0.883. The average Bonchev–Trinajstić information content (AvgIpc) is 2.28. The van der Waals surface area contributed by atoms with Gasteiger partial charge in [0, 0.05) is 23.5 Å². The maximum atomic E-state index is 12.8. The first-order valence-corrected chi connectivity index (χ1v) is 5.21. The van der Waals surface area contributed by atoms with Crippen LogP contribution in [-0.4, -0.2) is 4.98 Å². The van der Waals surface area contributed by atoms with E-state index in [9.17, 15) is 4.39 Å². The van der Waals surface area contributed by atoms with Gasteiger partial charge in [0.2, 0.25) is 0 Å². The normalized spacial score (nSPS) is 10.1. The van der Waals surface area contributed by atoms with Gasteiger partial charge < -0.3 is 5.32 Å². The smallest absolute Gasteiger partial charge is 0.141 e. The van der Waals surface area contributed by atoms with E-state index in [1.165, 1.54) is 12.3 Å². The van der Waals surface area contributed by atoms with Crippen molar-refractivity contribution in [2.75, 3.05) is 5.32 Å². The third kappa shape index (κ3) is 2.94. The lowest BCUT2D eigenvalue weighted by molar-refractivity contribution is 0.619. The Bertz CT molecular complexity index is 471. The third-order valence-electron chi connectivity index (χ3n) is 2.10. The van der Waals surface area contributed by atoms with Crippen LogP contribution in [0.2, 0.25) is 5.02 Å². The molecule has 0 fully saturated rings. The van der Waals surface area contributed by atoms with Gasteiger partial charge >= 0.3 is 0 Å². The van der Waals surface area contributed by atoms with E-state index >= 15 is 0 Å². The van der Waals surface area contributed by atoms with Gasteiger partial charge in [-0.25, -0.2) is 4.39 Å². The number of benzene rings is 1. The summed E-state index contributed by atoms with van der Waals surface area (Å²) in [6, 6.07) is 8.79. The lowest BCUT2D eigenvalue weighted by atomic mass is 10.2. The Labute approximate surface area is 98.1 Å². The van der Waals surface area contributed by atoms with Crippen LogP contribution >= 0.6 is 11.6 Å². The molecule has 0 radical (unpaired) electrons. The Hall–Kier alpha value is -1.61. The number of aromatic nitrogens is 1. The molecule has 0 saturated heterocycles. The minimum absolute atomic E-state index is 0.324. The molecule has 82 valence electrons. The summed E-state index contributed by atoms with van der Waals surface area (Å²) in [5.41, 5.74) is 1.74. The van der Waals surface area contributed by atoms with E-state index in [0.29, 0.717) is 11.6 Å². The highest BCUT2D eigenvalue weighted by atomic mass is 35.5. The summed E-state index contributed by atoms with van der Waals surface area (Å²) in [4.78, 5) is 3.77. The van der Waals surface area contributed by atoms with Crippen LogP contribution in [0.15, 0.2) is 42.7 Å². The molecule has 2 aromatic rings. The van der Waals surface area contributed by atoms with Gasteiger partial charge in [0.25, 0.3) is 0 Å². The molecule has 1 heterocycles. The van der Waals surface area contributed by atoms with Crippen molar-refractivity contribution in [2.24, 2.45) is 0 Å². The number of hydrogen-bond acceptors (Lipinski definition) is 2. The number of pyridine rings is 1. The molecule has 0 spiro atoms. The van der Waals surface area contributed by atoms with Crippen LogP contribution in [0.4, 0.5) is 10.1 Å². The Kier molecular flexibility index (Phi) is 3.37. The van der Waals surface area contributed by atoms with Crippen molar-refractivity contribution < 1.29 is 4.39 Å². The summed E-state index contributed by atoms with van der Waals surface area (Å²) in [6.07, 6.45) is 2.82. The minimum Gasteiger partial charge on any atom is -0.381 e. The van der Waals surface area contributed by atoms with Crippen molar-refractivity contribution in [3.63, 3.8) is 0 Å². The molecule has 0 amide bonds. The van der Waals surface area contributed by atoms with Gasteiger partial charge in [0.1, 0.15) is 5.82 Å². The first-order valence-electron chi connectivity index (χ1n) is 4.83. The fourth-order valence-electron chi connectivity index (χ4n) is 1.32. The number of anilines is 1. The highest BCUT2D eigenvalue weighted by molar-refractivity contribution is 6.30. The standard InChI is InChI=1S/C12H10ClFN2/c13-10-1-3-12(4-2-10)16-7-9-5-11(14)8-15-6-9/h1-6,8,16H,7H2. The third-order valence-corrected chi connectivity index (χ3v) is 2.35. The molecule has 0 aliphatic heterocycles. The van der Waals surface area contributed by atoms with Crippen molar-refractivity contribution in [3.8, 4) is 0 Å². The highest BCUT2D eigenvalue weighted by Crippen LogP contribution is 2.14. The molecule has 16 heavy (non-hydrogen) atoms. The second-order valence-corrected chi connectivity index (χ2v) is 3.81. The Morgan fingerprint density at radius 2 is 1.94 bits per heavy atom. The summed E-state index contributed by atoms with van der Waals surface area (Å²) >= 11 is 5.76. The minimum atomic E-state index is -0.324. The summed E-state index contributed by atoms with van der Waals surface area (Å²) in [6.45, 7) is 0.534. The van der Waals surface area contributed by atoms with E-state index in [2.05, 4.69) is 10.3 Å². The molecule has 0 saturated carbocycles. The summed E-state index contributed by atoms with van der Waals surface area (Å²) in [7, 11) is 0. The van der Waals surface area contributed by atoms with Crippen LogP contribution in [0.3, 0.4) is 0 Å². The van der Waals surface area contributed by atoms with Crippen LogP contribution in [-0.2, 0) is 6.54 Å². The molecule has 1 aromatic carbocycles. The van der Waals surface area contributed by atoms with Crippen LogP contribution < -0.4 is 5.32 Å². The van der Waals surface area contributed by atoms with Gasteiger partial charge in [-0.3, -0.25) is 4.98 Å². The first-order chi connectivity index (χ1) is 7.74. The molecule has 1 N–H and O–H groups in total. The van der Waals surface area contributed by atoms with Gasteiger partial charge in [0.05, 0.1) is 6.20 Å². The number of nitrogens with one attached hydrogen (secondary N) is 1. The van der Waals surface area contributed by atoms with E-state index in [1.807, 2.05) is 12.1 Å². The fourth-order valence-corrected chi connectivity index (χ4v) is 1.45. The lowest BCUT2D eigenvalue weighted by Gasteiger charge is -2.06.